The van der Waals surface area contributed by atoms with E-state index < -0.39 is 30.4 Å². The molecule has 9 heteroatoms. The van der Waals surface area contributed by atoms with E-state index in [9.17, 15) is 26.3 Å². The van der Waals surface area contributed by atoms with E-state index >= 15 is 0 Å². The van der Waals surface area contributed by atoms with Crippen molar-refractivity contribution >= 4 is 15.9 Å². The number of hydrogen-bond donors (Lipinski definition) is 0. The summed E-state index contributed by atoms with van der Waals surface area (Å²) in [5.41, 5.74) is -1.36. The summed E-state index contributed by atoms with van der Waals surface area (Å²) in [6.07, 6.45) is -8.64. The van der Waals surface area contributed by atoms with E-state index in [1.54, 1.807) is 0 Å². The first-order valence-corrected chi connectivity index (χ1v) is 4.81. The molecule has 1 aromatic heterocycles. The lowest BCUT2D eigenvalue weighted by atomic mass is 10.2. The maximum atomic E-state index is 12.4. The molecule has 1 aromatic rings. The lowest BCUT2D eigenvalue weighted by molar-refractivity contribution is -0.159. The lowest BCUT2D eigenvalue weighted by Crippen LogP contribution is -2.21. The summed E-state index contributed by atoms with van der Waals surface area (Å²) < 4.78 is 76.7. The van der Waals surface area contributed by atoms with Gasteiger partial charge in [-0.3, -0.25) is 0 Å². The smallest absolute Gasteiger partial charge is 0.422 e. The number of ether oxygens (including phenoxy) is 1. The van der Waals surface area contributed by atoms with Crippen LogP contribution in [0.25, 0.3) is 0 Å². The van der Waals surface area contributed by atoms with Crippen LogP contribution in [0.2, 0.25) is 0 Å². The molecular weight excluding hydrogens is 320 g/mol. The molecule has 96 valence electrons. The second-order valence-electron chi connectivity index (χ2n) is 2.91. The molecule has 0 N–H and O–H groups in total. The fraction of sp³-hybridized carbons (Fsp3) is 0.375. The zero-order valence-electron chi connectivity index (χ0n) is 7.86. The van der Waals surface area contributed by atoms with E-state index in [4.69, 9.17) is 0 Å². The molecule has 2 nitrogen and oxygen atoms in total. The highest BCUT2D eigenvalue weighted by molar-refractivity contribution is 9.10. The summed E-state index contributed by atoms with van der Waals surface area (Å²) >= 11 is 2.74. The topological polar surface area (TPSA) is 22.1 Å². The van der Waals surface area contributed by atoms with Crippen molar-refractivity contribution in [2.45, 2.75) is 12.4 Å². The lowest BCUT2D eigenvalue weighted by Gasteiger charge is -2.14. The summed E-state index contributed by atoms with van der Waals surface area (Å²) in [6, 6.07) is 0.596. The maximum absolute atomic E-state index is 12.4. The van der Waals surface area contributed by atoms with Crippen molar-refractivity contribution in [3.8, 4) is 5.88 Å². The average Bonchev–Trinajstić information content (AvgIpc) is 2.13. The normalized spacial score (nSPS) is 12.6. The Morgan fingerprint density at radius 2 is 1.76 bits per heavy atom. The zero-order chi connectivity index (χ0) is 13.3. The third-order valence-corrected chi connectivity index (χ3v) is 1.93. The van der Waals surface area contributed by atoms with E-state index in [-0.39, 0.29) is 4.47 Å². The standard InChI is InChI=1S/C8H4BrF6NO/c9-4-1-5(8(13,14)15)6(16-2-4)17-3-7(10,11)12/h1-2H,3H2. The van der Waals surface area contributed by atoms with Crippen molar-refractivity contribution in [1.29, 1.82) is 0 Å². The van der Waals surface area contributed by atoms with Crippen molar-refractivity contribution in [3.63, 3.8) is 0 Å². The predicted molar refractivity (Wildman–Crippen MR) is 48.5 cm³/mol. The van der Waals surface area contributed by atoms with Crippen LogP contribution < -0.4 is 4.74 Å². The van der Waals surface area contributed by atoms with Gasteiger partial charge < -0.3 is 4.74 Å². The van der Waals surface area contributed by atoms with Gasteiger partial charge in [0.1, 0.15) is 5.56 Å². The SMILES string of the molecule is FC(F)(F)COc1ncc(Br)cc1C(F)(F)F. The molecule has 0 radical (unpaired) electrons. The van der Waals surface area contributed by atoms with Gasteiger partial charge in [0.05, 0.1) is 0 Å². The molecule has 1 heterocycles. The largest absolute Gasteiger partial charge is 0.468 e. The third-order valence-electron chi connectivity index (χ3n) is 1.50. The van der Waals surface area contributed by atoms with E-state index in [0.29, 0.717) is 6.07 Å². The summed E-state index contributed by atoms with van der Waals surface area (Å²) in [7, 11) is 0. The van der Waals surface area contributed by atoms with Crippen LogP contribution in [0.15, 0.2) is 16.7 Å². The first kappa shape index (κ1) is 14.1. The molecule has 0 amide bonds. The summed E-state index contributed by atoms with van der Waals surface area (Å²) in [5.74, 6) is -1.10. The Hall–Kier alpha value is -0.990. The Balaban J connectivity index is 2.99. The van der Waals surface area contributed by atoms with Gasteiger partial charge in [0, 0.05) is 10.7 Å². The second-order valence-corrected chi connectivity index (χ2v) is 3.82. The van der Waals surface area contributed by atoms with E-state index in [1.807, 2.05) is 0 Å². The zero-order valence-corrected chi connectivity index (χ0v) is 9.45. The molecule has 0 fully saturated rings. The molecule has 0 saturated carbocycles. The Bertz CT molecular complexity index is 402. The van der Waals surface area contributed by atoms with Crippen LogP contribution >= 0.6 is 15.9 Å². The van der Waals surface area contributed by atoms with Gasteiger partial charge in [0.15, 0.2) is 6.61 Å². The van der Waals surface area contributed by atoms with Gasteiger partial charge in [-0.25, -0.2) is 4.98 Å². The maximum Gasteiger partial charge on any atom is 0.422 e. The van der Waals surface area contributed by atoms with Gasteiger partial charge in [-0.1, -0.05) is 0 Å². The number of halogens is 7. The molecule has 0 aliphatic heterocycles. The third kappa shape index (κ3) is 4.41. The minimum Gasteiger partial charge on any atom is -0.468 e. The number of rotatable bonds is 2. The first-order chi connectivity index (χ1) is 7.59. The molecule has 1 rings (SSSR count). The van der Waals surface area contributed by atoms with Gasteiger partial charge in [-0.2, -0.15) is 26.3 Å². The molecule has 0 aliphatic carbocycles. The highest BCUT2D eigenvalue weighted by atomic mass is 79.9. The van der Waals surface area contributed by atoms with Gasteiger partial charge >= 0.3 is 12.4 Å². The number of nitrogens with zero attached hydrogens (tertiary/aromatic N) is 1. The molecule has 0 aromatic carbocycles. The summed E-state index contributed by atoms with van der Waals surface area (Å²) in [6.45, 7) is -1.83. The highest BCUT2D eigenvalue weighted by Crippen LogP contribution is 2.36. The number of hydrogen-bond acceptors (Lipinski definition) is 2. The van der Waals surface area contributed by atoms with Crippen molar-refractivity contribution < 1.29 is 31.1 Å². The Kier molecular flexibility index (Phi) is 3.90. The predicted octanol–water partition coefficient (Wildman–Crippen LogP) is 3.80. The van der Waals surface area contributed by atoms with Crippen LogP contribution in [0.5, 0.6) is 5.88 Å². The fourth-order valence-electron chi connectivity index (χ4n) is 0.895. The minimum absolute atomic E-state index is 0.0100. The molecule has 0 atom stereocenters. The van der Waals surface area contributed by atoms with Gasteiger partial charge in [-0.15, -0.1) is 0 Å². The second kappa shape index (κ2) is 4.71. The highest BCUT2D eigenvalue weighted by Gasteiger charge is 2.37. The Morgan fingerprint density at radius 1 is 1.18 bits per heavy atom. The Labute approximate surface area is 99.7 Å². The molecule has 0 saturated heterocycles. The van der Waals surface area contributed by atoms with Crippen LogP contribution in [0, 0.1) is 0 Å². The van der Waals surface area contributed by atoms with Crippen LogP contribution in [-0.2, 0) is 6.18 Å². The van der Waals surface area contributed by atoms with Gasteiger partial charge in [-0.05, 0) is 22.0 Å². The first-order valence-electron chi connectivity index (χ1n) is 4.02. The van der Waals surface area contributed by atoms with Crippen LogP contribution in [0.4, 0.5) is 26.3 Å². The number of pyridine rings is 1. The van der Waals surface area contributed by atoms with E-state index in [1.165, 1.54) is 0 Å². The summed E-state index contributed by atoms with van der Waals surface area (Å²) in [5, 5.41) is 0. The monoisotopic (exact) mass is 323 g/mol. The number of aromatic nitrogens is 1. The average molecular weight is 324 g/mol. The summed E-state index contributed by atoms with van der Waals surface area (Å²) in [4.78, 5) is 3.16. The quantitative estimate of drug-likeness (QED) is 0.772. The molecule has 0 unspecified atom stereocenters. The fourth-order valence-corrected chi connectivity index (χ4v) is 1.23. The van der Waals surface area contributed by atoms with Crippen molar-refractivity contribution in [2.24, 2.45) is 0 Å². The molecular formula is C8H4BrF6NO. The molecule has 0 spiro atoms. The minimum atomic E-state index is -4.84. The van der Waals surface area contributed by atoms with Gasteiger partial charge in [0.25, 0.3) is 0 Å². The number of alkyl halides is 6. The van der Waals surface area contributed by atoms with Crippen molar-refractivity contribution in [2.75, 3.05) is 6.61 Å². The van der Waals surface area contributed by atoms with Gasteiger partial charge in [0.2, 0.25) is 5.88 Å². The molecule has 17 heavy (non-hydrogen) atoms. The molecule has 0 bridgehead atoms. The van der Waals surface area contributed by atoms with E-state index in [2.05, 4.69) is 25.7 Å². The Morgan fingerprint density at radius 3 is 2.24 bits per heavy atom. The molecule has 0 aliphatic rings. The van der Waals surface area contributed by atoms with E-state index in [0.717, 1.165) is 6.20 Å². The van der Waals surface area contributed by atoms with Crippen LogP contribution in [-0.4, -0.2) is 17.8 Å². The van der Waals surface area contributed by atoms with Crippen molar-refractivity contribution in [1.82, 2.24) is 4.98 Å². The van der Waals surface area contributed by atoms with Crippen molar-refractivity contribution in [3.05, 3.63) is 22.3 Å². The van der Waals surface area contributed by atoms with Crippen LogP contribution in [0.3, 0.4) is 0 Å². The van der Waals surface area contributed by atoms with Crippen LogP contribution in [0.1, 0.15) is 5.56 Å².